The molecule has 0 spiro atoms. The summed E-state index contributed by atoms with van der Waals surface area (Å²) < 4.78 is 8.90. The monoisotopic (exact) mass is 224 g/mol. The Morgan fingerprint density at radius 3 is 1.94 bits per heavy atom. The zero-order chi connectivity index (χ0) is 12.4. The molecule has 0 saturated heterocycles. The van der Waals surface area contributed by atoms with Gasteiger partial charge in [-0.1, -0.05) is 30.3 Å². The first kappa shape index (κ1) is 14.2. The van der Waals surface area contributed by atoms with Crippen LogP contribution in [0.25, 0.3) is 0 Å². The topological polar surface area (TPSA) is 52.6 Å². The Bertz CT molecular complexity index is 319. The van der Waals surface area contributed by atoms with Crippen LogP contribution in [0.15, 0.2) is 30.3 Å². The Morgan fingerprint density at radius 2 is 1.56 bits per heavy atom. The molecule has 0 saturated carbocycles. The van der Waals surface area contributed by atoms with Gasteiger partial charge in [0, 0.05) is 13.8 Å². The first-order valence-corrected chi connectivity index (χ1v) is 4.78. The van der Waals surface area contributed by atoms with Gasteiger partial charge in [-0.25, -0.2) is 0 Å². The van der Waals surface area contributed by atoms with Crippen LogP contribution in [-0.4, -0.2) is 19.0 Å². The number of hydrogen-bond donors (Lipinski definition) is 0. The summed E-state index contributed by atoms with van der Waals surface area (Å²) in [5, 5.41) is 0. The van der Waals surface area contributed by atoms with Crippen molar-refractivity contribution in [1.29, 1.82) is 0 Å². The van der Waals surface area contributed by atoms with Crippen LogP contribution >= 0.6 is 0 Å². The molecule has 4 heteroatoms. The summed E-state index contributed by atoms with van der Waals surface area (Å²) in [5.74, 6) is -0.487. The van der Waals surface area contributed by atoms with Crippen molar-refractivity contribution < 1.29 is 19.1 Å². The predicted octanol–water partition coefficient (Wildman–Crippen LogP) is 1.93. The van der Waals surface area contributed by atoms with Crippen LogP contribution in [0.3, 0.4) is 0 Å². The Morgan fingerprint density at radius 1 is 1.06 bits per heavy atom. The van der Waals surface area contributed by atoms with Crippen molar-refractivity contribution >= 4 is 11.9 Å². The molecule has 88 valence electrons. The van der Waals surface area contributed by atoms with Gasteiger partial charge in [0.2, 0.25) is 0 Å². The number of methoxy groups -OCH3 is 1. The highest BCUT2D eigenvalue weighted by molar-refractivity contribution is 5.66. The molecule has 0 unspecified atom stereocenters. The van der Waals surface area contributed by atoms with E-state index in [0.717, 1.165) is 5.56 Å². The van der Waals surface area contributed by atoms with Crippen molar-refractivity contribution in [2.45, 2.75) is 20.5 Å². The molecule has 0 aliphatic heterocycles. The van der Waals surface area contributed by atoms with E-state index >= 15 is 0 Å². The molecule has 0 aromatic heterocycles. The largest absolute Gasteiger partial charge is 0.469 e. The number of benzene rings is 1. The molecule has 0 aliphatic rings. The van der Waals surface area contributed by atoms with Crippen LogP contribution in [0, 0.1) is 0 Å². The van der Waals surface area contributed by atoms with E-state index in [1.165, 1.54) is 21.0 Å². The molecule has 0 N–H and O–H groups in total. The zero-order valence-electron chi connectivity index (χ0n) is 9.73. The van der Waals surface area contributed by atoms with Crippen molar-refractivity contribution in [1.82, 2.24) is 0 Å². The molecule has 0 amide bonds. The molecular formula is C12H16O4. The second-order valence-corrected chi connectivity index (χ2v) is 2.96. The Balaban J connectivity index is 0.000000385. The van der Waals surface area contributed by atoms with Gasteiger partial charge >= 0.3 is 11.9 Å². The van der Waals surface area contributed by atoms with E-state index in [-0.39, 0.29) is 11.9 Å². The molecule has 1 aromatic carbocycles. The Labute approximate surface area is 95.2 Å². The highest BCUT2D eigenvalue weighted by Crippen LogP contribution is 1.99. The molecule has 1 aromatic rings. The fraction of sp³-hybridized carbons (Fsp3) is 0.333. The average molecular weight is 224 g/mol. The van der Waals surface area contributed by atoms with Crippen molar-refractivity contribution in [2.75, 3.05) is 7.11 Å². The lowest BCUT2D eigenvalue weighted by molar-refractivity contribution is -0.142. The minimum Gasteiger partial charge on any atom is -0.469 e. The van der Waals surface area contributed by atoms with Crippen molar-refractivity contribution in [3.8, 4) is 0 Å². The molecule has 16 heavy (non-hydrogen) atoms. The van der Waals surface area contributed by atoms with Gasteiger partial charge in [0.25, 0.3) is 0 Å². The van der Waals surface area contributed by atoms with Gasteiger partial charge in [-0.3, -0.25) is 9.59 Å². The Kier molecular flexibility index (Phi) is 7.49. The third kappa shape index (κ3) is 8.74. The third-order valence-corrected chi connectivity index (χ3v) is 1.57. The summed E-state index contributed by atoms with van der Waals surface area (Å²) in [7, 11) is 1.35. The third-order valence-electron chi connectivity index (χ3n) is 1.57. The van der Waals surface area contributed by atoms with Crippen molar-refractivity contribution in [3.05, 3.63) is 35.9 Å². The lowest BCUT2D eigenvalue weighted by atomic mass is 10.2. The average Bonchev–Trinajstić information content (AvgIpc) is 2.28. The van der Waals surface area contributed by atoms with Crippen LogP contribution in [0.5, 0.6) is 0 Å². The van der Waals surface area contributed by atoms with E-state index in [0.29, 0.717) is 6.61 Å². The van der Waals surface area contributed by atoms with Gasteiger partial charge in [-0.2, -0.15) is 0 Å². The molecule has 4 nitrogen and oxygen atoms in total. The zero-order valence-corrected chi connectivity index (χ0v) is 9.73. The standard InChI is InChI=1S/C9H10O2.C3H6O2/c1-8(10)11-7-9-5-3-2-4-6-9;1-3(4)5-2/h2-6H,7H2,1H3;1-2H3. The number of carbonyl (C=O) groups excluding carboxylic acids is 2. The van der Waals surface area contributed by atoms with E-state index in [9.17, 15) is 9.59 Å². The summed E-state index contributed by atoms with van der Waals surface area (Å²) in [5.41, 5.74) is 1.02. The van der Waals surface area contributed by atoms with E-state index in [2.05, 4.69) is 4.74 Å². The SMILES string of the molecule is CC(=O)OCc1ccccc1.COC(C)=O. The smallest absolute Gasteiger partial charge is 0.302 e. The second kappa shape index (κ2) is 8.47. The number of esters is 2. The van der Waals surface area contributed by atoms with E-state index in [1.807, 2.05) is 30.3 Å². The van der Waals surface area contributed by atoms with Gasteiger partial charge in [0.1, 0.15) is 6.61 Å². The number of rotatable bonds is 2. The van der Waals surface area contributed by atoms with Gasteiger partial charge in [0.15, 0.2) is 0 Å². The quantitative estimate of drug-likeness (QED) is 0.720. The van der Waals surface area contributed by atoms with Crippen molar-refractivity contribution in [3.63, 3.8) is 0 Å². The summed E-state index contributed by atoms with van der Waals surface area (Å²) >= 11 is 0. The van der Waals surface area contributed by atoms with E-state index in [1.54, 1.807) is 0 Å². The van der Waals surface area contributed by atoms with Gasteiger partial charge < -0.3 is 9.47 Å². The maximum atomic E-state index is 10.4. The predicted molar refractivity (Wildman–Crippen MR) is 59.6 cm³/mol. The van der Waals surface area contributed by atoms with E-state index in [4.69, 9.17) is 4.74 Å². The van der Waals surface area contributed by atoms with Gasteiger partial charge in [-0.05, 0) is 5.56 Å². The highest BCUT2D eigenvalue weighted by atomic mass is 16.5. The first-order chi connectivity index (χ1) is 7.56. The number of carbonyl (C=O) groups is 2. The highest BCUT2D eigenvalue weighted by Gasteiger charge is 1.93. The van der Waals surface area contributed by atoms with Crippen LogP contribution in [0.4, 0.5) is 0 Å². The van der Waals surface area contributed by atoms with Gasteiger partial charge in [-0.15, -0.1) is 0 Å². The van der Waals surface area contributed by atoms with E-state index < -0.39 is 0 Å². The van der Waals surface area contributed by atoms with Crippen LogP contribution < -0.4 is 0 Å². The maximum Gasteiger partial charge on any atom is 0.302 e. The van der Waals surface area contributed by atoms with Crippen LogP contribution in [-0.2, 0) is 25.7 Å². The van der Waals surface area contributed by atoms with Gasteiger partial charge in [0.05, 0.1) is 7.11 Å². The molecular weight excluding hydrogens is 208 g/mol. The maximum absolute atomic E-state index is 10.4. The summed E-state index contributed by atoms with van der Waals surface area (Å²) in [6, 6.07) is 9.60. The van der Waals surface area contributed by atoms with Crippen LogP contribution in [0.2, 0.25) is 0 Å². The molecule has 0 aliphatic carbocycles. The molecule has 1 rings (SSSR count). The number of ether oxygens (including phenoxy) is 2. The van der Waals surface area contributed by atoms with Crippen LogP contribution in [0.1, 0.15) is 19.4 Å². The molecule has 0 atom stereocenters. The lowest BCUT2D eigenvalue weighted by Gasteiger charge is -1.99. The fourth-order valence-electron chi connectivity index (χ4n) is 0.759. The minimum atomic E-state index is -0.245. The fourth-order valence-corrected chi connectivity index (χ4v) is 0.759. The molecule has 0 bridgehead atoms. The summed E-state index contributed by atoms with van der Waals surface area (Å²) in [6.45, 7) is 3.14. The van der Waals surface area contributed by atoms with Crippen molar-refractivity contribution in [2.24, 2.45) is 0 Å². The normalized spacial score (nSPS) is 8.44. The molecule has 0 radical (unpaired) electrons. The minimum absolute atomic E-state index is 0.242. The molecule has 0 fully saturated rings. The lowest BCUT2D eigenvalue weighted by Crippen LogP contribution is -1.97. The molecule has 0 heterocycles. The summed E-state index contributed by atoms with van der Waals surface area (Å²) in [4.78, 5) is 20.0. The second-order valence-electron chi connectivity index (χ2n) is 2.96. The Hall–Kier alpha value is -1.84. The number of hydrogen-bond acceptors (Lipinski definition) is 4. The first-order valence-electron chi connectivity index (χ1n) is 4.78. The summed E-state index contributed by atoms with van der Waals surface area (Å²) in [6.07, 6.45) is 0.